The zero-order valence-electron chi connectivity index (χ0n) is 20.7. The van der Waals surface area contributed by atoms with Gasteiger partial charge in [-0.25, -0.2) is 14.1 Å². The summed E-state index contributed by atoms with van der Waals surface area (Å²) < 4.78 is 15.7. The molecule has 0 radical (unpaired) electrons. The predicted octanol–water partition coefficient (Wildman–Crippen LogP) is 5.57. The zero-order valence-corrected chi connectivity index (χ0v) is 21.4. The summed E-state index contributed by atoms with van der Waals surface area (Å²) in [6.45, 7) is 0. The van der Waals surface area contributed by atoms with E-state index in [0.29, 0.717) is 16.4 Å². The van der Waals surface area contributed by atoms with Gasteiger partial charge in [-0.3, -0.25) is 4.79 Å². The highest BCUT2D eigenvalue weighted by atomic mass is 35.5. The second-order valence-corrected chi connectivity index (χ2v) is 10.1. The van der Waals surface area contributed by atoms with Gasteiger partial charge in [0, 0.05) is 41.1 Å². The van der Waals surface area contributed by atoms with Crippen LogP contribution in [0.5, 0.6) is 0 Å². The van der Waals surface area contributed by atoms with Gasteiger partial charge in [0.2, 0.25) is 0 Å². The third-order valence-corrected chi connectivity index (χ3v) is 6.91. The number of aromatic nitrogens is 3. The van der Waals surface area contributed by atoms with Crippen molar-refractivity contribution in [3.8, 4) is 22.4 Å². The Kier molecular flexibility index (Phi) is 7.29. The van der Waals surface area contributed by atoms with Gasteiger partial charge < -0.3 is 15.3 Å². The average Bonchev–Trinajstić information content (AvgIpc) is 3.66. The number of aliphatic carboxylic acids is 1. The van der Waals surface area contributed by atoms with Gasteiger partial charge in [-0.1, -0.05) is 48.0 Å². The quantitative estimate of drug-likeness (QED) is 0.258. The third-order valence-electron chi connectivity index (χ3n) is 6.66. The summed E-state index contributed by atoms with van der Waals surface area (Å²) in [5, 5.41) is 35.7. The first-order valence-corrected chi connectivity index (χ1v) is 12.8. The SMILES string of the molecule is Cn1nc(-c2ccc(Cl)cc2)c2c(-c3ccc(F)cc3)c(/C=C/C(O)CC(O)CC(=O)O)c(C3CC3)nc21. The lowest BCUT2D eigenvalue weighted by atomic mass is 9.91. The van der Waals surface area contributed by atoms with E-state index in [1.165, 1.54) is 12.1 Å². The number of carbonyl (C=O) groups is 1. The van der Waals surface area contributed by atoms with Crippen LogP contribution in [-0.2, 0) is 11.8 Å². The molecule has 9 heteroatoms. The summed E-state index contributed by atoms with van der Waals surface area (Å²) in [6, 6.07) is 13.6. The molecule has 0 aliphatic heterocycles. The van der Waals surface area contributed by atoms with E-state index in [0.717, 1.165) is 46.2 Å². The second-order valence-electron chi connectivity index (χ2n) is 9.66. The van der Waals surface area contributed by atoms with E-state index in [1.807, 2.05) is 19.2 Å². The Balaban J connectivity index is 1.72. The molecule has 1 fully saturated rings. The Morgan fingerprint density at radius 3 is 2.42 bits per heavy atom. The van der Waals surface area contributed by atoms with Gasteiger partial charge in [0.05, 0.1) is 29.7 Å². The summed E-state index contributed by atoms with van der Waals surface area (Å²) >= 11 is 6.13. The molecule has 2 aromatic carbocycles. The molecule has 2 unspecified atom stereocenters. The van der Waals surface area contributed by atoms with E-state index in [9.17, 15) is 19.4 Å². The number of benzene rings is 2. The normalized spacial score (nSPS) is 15.3. The molecule has 4 aromatic rings. The van der Waals surface area contributed by atoms with Crippen molar-refractivity contribution in [3.63, 3.8) is 0 Å². The van der Waals surface area contributed by atoms with Crippen molar-refractivity contribution < 1.29 is 24.5 Å². The van der Waals surface area contributed by atoms with Crippen molar-refractivity contribution in [2.45, 2.75) is 43.8 Å². The van der Waals surface area contributed by atoms with E-state index in [4.69, 9.17) is 26.8 Å². The Morgan fingerprint density at radius 1 is 1.13 bits per heavy atom. The monoisotopic (exact) mass is 535 g/mol. The summed E-state index contributed by atoms with van der Waals surface area (Å²) in [5.41, 5.74) is 5.44. The minimum Gasteiger partial charge on any atom is -0.481 e. The molecule has 2 atom stereocenters. The van der Waals surface area contributed by atoms with Crippen LogP contribution >= 0.6 is 11.6 Å². The molecular weight excluding hydrogens is 509 g/mol. The van der Waals surface area contributed by atoms with Crippen LogP contribution in [0.4, 0.5) is 4.39 Å². The van der Waals surface area contributed by atoms with E-state index >= 15 is 0 Å². The van der Waals surface area contributed by atoms with Gasteiger partial charge in [-0.05, 0) is 42.7 Å². The molecule has 1 aliphatic carbocycles. The molecule has 196 valence electrons. The number of aryl methyl sites for hydroxylation is 1. The molecular formula is C29H27ClFN3O4. The smallest absolute Gasteiger partial charge is 0.305 e. The lowest BCUT2D eigenvalue weighted by molar-refractivity contribution is -0.139. The number of pyridine rings is 1. The van der Waals surface area contributed by atoms with Crippen LogP contribution in [-0.4, -0.2) is 48.3 Å². The summed E-state index contributed by atoms with van der Waals surface area (Å²) in [7, 11) is 1.84. The molecule has 1 saturated carbocycles. The van der Waals surface area contributed by atoms with Crippen molar-refractivity contribution in [3.05, 3.63) is 76.7 Å². The highest BCUT2D eigenvalue weighted by molar-refractivity contribution is 6.30. The molecule has 0 bridgehead atoms. The minimum absolute atomic E-state index is 0.119. The summed E-state index contributed by atoms with van der Waals surface area (Å²) in [5.74, 6) is -1.25. The maximum Gasteiger partial charge on any atom is 0.305 e. The fourth-order valence-corrected chi connectivity index (χ4v) is 4.85. The van der Waals surface area contributed by atoms with E-state index in [-0.39, 0.29) is 18.2 Å². The lowest BCUT2D eigenvalue weighted by Gasteiger charge is -2.16. The lowest BCUT2D eigenvalue weighted by Crippen LogP contribution is -2.19. The molecule has 0 spiro atoms. The number of halogens is 2. The number of aliphatic hydroxyl groups is 2. The number of fused-ring (bicyclic) bond motifs is 1. The van der Waals surface area contributed by atoms with Crippen molar-refractivity contribution >= 4 is 34.7 Å². The number of hydrogen-bond donors (Lipinski definition) is 3. The topological polar surface area (TPSA) is 108 Å². The van der Waals surface area contributed by atoms with Gasteiger partial charge in [-0.2, -0.15) is 5.10 Å². The van der Waals surface area contributed by atoms with Gasteiger partial charge in [0.1, 0.15) is 11.5 Å². The molecule has 38 heavy (non-hydrogen) atoms. The van der Waals surface area contributed by atoms with Crippen molar-refractivity contribution in [2.75, 3.05) is 0 Å². The Bertz CT molecular complexity index is 1510. The zero-order chi connectivity index (χ0) is 27.0. The number of nitrogens with zero attached hydrogens (tertiary/aromatic N) is 3. The Morgan fingerprint density at radius 2 is 1.79 bits per heavy atom. The van der Waals surface area contributed by atoms with Crippen LogP contribution in [0.1, 0.15) is 42.9 Å². The number of carboxylic acids is 1. The van der Waals surface area contributed by atoms with Crippen molar-refractivity contribution in [1.82, 2.24) is 14.8 Å². The minimum atomic E-state index is -1.18. The molecule has 5 rings (SSSR count). The van der Waals surface area contributed by atoms with Crippen LogP contribution in [0.25, 0.3) is 39.5 Å². The van der Waals surface area contributed by atoms with Crippen LogP contribution in [0.3, 0.4) is 0 Å². The first kappa shape index (κ1) is 26.0. The highest BCUT2D eigenvalue weighted by Gasteiger charge is 2.31. The number of aliphatic hydroxyl groups excluding tert-OH is 2. The number of hydrogen-bond acceptors (Lipinski definition) is 5. The largest absolute Gasteiger partial charge is 0.481 e. The Hall–Kier alpha value is -3.59. The number of carboxylic acid groups (broad SMARTS) is 1. The highest BCUT2D eigenvalue weighted by Crippen LogP contribution is 2.47. The van der Waals surface area contributed by atoms with Crippen molar-refractivity contribution in [2.24, 2.45) is 7.05 Å². The van der Waals surface area contributed by atoms with Crippen LogP contribution < -0.4 is 0 Å². The van der Waals surface area contributed by atoms with Crippen molar-refractivity contribution in [1.29, 1.82) is 0 Å². The molecule has 2 heterocycles. The molecule has 0 saturated heterocycles. The number of rotatable bonds is 9. The van der Waals surface area contributed by atoms with E-state index in [2.05, 4.69) is 0 Å². The molecule has 0 amide bonds. The fraction of sp³-hybridized carbons (Fsp3) is 0.276. The fourth-order valence-electron chi connectivity index (χ4n) is 4.72. The maximum atomic E-state index is 13.9. The van der Waals surface area contributed by atoms with E-state index < -0.39 is 24.6 Å². The van der Waals surface area contributed by atoms with Crippen LogP contribution in [0.15, 0.2) is 54.6 Å². The molecule has 2 aromatic heterocycles. The summed E-state index contributed by atoms with van der Waals surface area (Å²) in [6.07, 6.45) is 2.45. The van der Waals surface area contributed by atoms with Gasteiger partial charge in [0.25, 0.3) is 0 Å². The molecule has 7 nitrogen and oxygen atoms in total. The van der Waals surface area contributed by atoms with Gasteiger partial charge in [-0.15, -0.1) is 0 Å². The van der Waals surface area contributed by atoms with E-state index in [1.54, 1.807) is 41.1 Å². The Labute approximate surface area is 223 Å². The third kappa shape index (κ3) is 5.48. The molecule has 1 aliphatic rings. The molecule has 3 N–H and O–H groups in total. The first-order chi connectivity index (χ1) is 18.2. The summed E-state index contributed by atoms with van der Waals surface area (Å²) in [4.78, 5) is 15.9. The maximum absolute atomic E-state index is 13.9. The standard InChI is InChI=1S/C29H27ClFN3O4/c1-34-29-26(28(33-34)18-4-8-19(30)9-5-18)25(16-6-10-20(31)11-7-16)23(27(32-29)17-2-3-17)13-12-21(35)14-22(36)15-24(37)38/h4-13,17,21-22,35-36H,2-3,14-15H2,1H3,(H,37,38)/b13-12+. The first-order valence-electron chi connectivity index (χ1n) is 12.4. The average molecular weight is 536 g/mol. The van der Waals surface area contributed by atoms with Crippen LogP contribution in [0, 0.1) is 5.82 Å². The second kappa shape index (κ2) is 10.6. The van der Waals surface area contributed by atoms with Gasteiger partial charge in [0.15, 0.2) is 5.65 Å². The predicted molar refractivity (Wildman–Crippen MR) is 144 cm³/mol. The van der Waals surface area contributed by atoms with Crippen LogP contribution in [0.2, 0.25) is 5.02 Å². The van der Waals surface area contributed by atoms with Gasteiger partial charge >= 0.3 is 5.97 Å².